The van der Waals surface area contributed by atoms with Crippen LogP contribution in [0.2, 0.25) is 0 Å². The highest BCUT2D eigenvalue weighted by molar-refractivity contribution is 4.89. The highest BCUT2D eigenvalue weighted by Crippen LogP contribution is 2.48. The number of rotatable bonds is 3. The van der Waals surface area contributed by atoms with Crippen molar-refractivity contribution in [3.63, 3.8) is 0 Å². The van der Waals surface area contributed by atoms with Gasteiger partial charge in [0.1, 0.15) is 0 Å². The lowest BCUT2D eigenvalue weighted by Gasteiger charge is -2.31. The maximum atomic E-state index is 2.46. The Morgan fingerprint density at radius 1 is 1.14 bits per heavy atom. The van der Waals surface area contributed by atoms with Crippen LogP contribution in [-0.2, 0) is 0 Å². The Balaban J connectivity index is 0.000000791. The molecule has 1 aliphatic rings. The lowest BCUT2D eigenvalue weighted by atomic mass is 9.74. The number of unbranched alkanes of at least 4 members (excludes halogenated alkanes) is 1. The molecule has 86 valence electrons. The van der Waals surface area contributed by atoms with Crippen LogP contribution in [0.5, 0.6) is 0 Å². The van der Waals surface area contributed by atoms with Crippen molar-refractivity contribution in [2.24, 2.45) is 17.3 Å². The zero-order chi connectivity index (χ0) is 11.2. The van der Waals surface area contributed by atoms with Crippen molar-refractivity contribution in [1.29, 1.82) is 0 Å². The Morgan fingerprint density at radius 3 is 2.07 bits per heavy atom. The predicted molar refractivity (Wildman–Crippen MR) is 66.5 cm³/mol. The first-order valence-corrected chi connectivity index (χ1v) is 6.59. The molecule has 0 bridgehead atoms. The van der Waals surface area contributed by atoms with Crippen molar-refractivity contribution in [2.75, 3.05) is 0 Å². The molecule has 0 heterocycles. The van der Waals surface area contributed by atoms with Gasteiger partial charge >= 0.3 is 0 Å². The van der Waals surface area contributed by atoms with Gasteiger partial charge in [0.25, 0.3) is 0 Å². The normalized spacial score (nSPS) is 29.6. The summed E-state index contributed by atoms with van der Waals surface area (Å²) in [5.41, 5.74) is 0.620. The van der Waals surface area contributed by atoms with Gasteiger partial charge in [-0.3, -0.25) is 0 Å². The van der Waals surface area contributed by atoms with Crippen LogP contribution in [0, 0.1) is 17.3 Å². The summed E-state index contributed by atoms with van der Waals surface area (Å²) in [5, 5.41) is 0. The molecule has 2 unspecified atom stereocenters. The second-order valence-corrected chi connectivity index (χ2v) is 5.14. The third kappa shape index (κ3) is 3.29. The summed E-state index contributed by atoms with van der Waals surface area (Å²) >= 11 is 0. The van der Waals surface area contributed by atoms with E-state index in [2.05, 4.69) is 27.7 Å². The SMILES string of the molecule is CC.CCCCC1CCC(C)C1(C)C. The molecule has 0 aromatic heterocycles. The van der Waals surface area contributed by atoms with Gasteiger partial charge in [-0.1, -0.05) is 54.4 Å². The van der Waals surface area contributed by atoms with E-state index in [4.69, 9.17) is 0 Å². The summed E-state index contributed by atoms with van der Waals surface area (Å²) in [6.07, 6.45) is 7.20. The zero-order valence-corrected chi connectivity index (χ0v) is 11.2. The highest BCUT2D eigenvalue weighted by Gasteiger charge is 2.39. The van der Waals surface area contributed by atoms with Crippen LogP contribution >= 0.6 is 0 Å². The van der Waals surface area contributed by atoms with Gasteiger partial charge in [0.05, 0.1) is 0 Å². The van der Waals surface area contributed by atoms with Gasteiger partial charge in [0.15, 0.2) is 0 Å². The smallest absolute Gasteiger partial charge is 0.0300 e. The number of hydrogen-bond acceptors (Lipinski definition) is 0. The van der Waals surface area contributed by atoms with E-state index in [9.17, 15) is 0 Å². The molecule has 0 aliphatic heterocycles. The first kappa shape index (κ1) is 14.0. The maximum absolute atomic E-state index is 2.46. The molecule has 1 rings (SSSR count). The molecule has 1 aliphatic carbocycles. The van der Waals surface area contributed by atoms with Gasteiger partial charge in [0.2, 0.25) is 0 Å². The largest absolute Gasteiger partial charge is 0.0683 e. The molecule has 0 heteroatoms. The monoisotopic (exact) mass is 198 g/mol. The molecule has 2 atom stereocenters. The van der Waals surface area contributed by atoms with Crippen LogP contribution < -0.4 is 0 Å². The van der Waals surface area contributed by atoms with Crippen LogP contribution in [0.4, 0.5) is 0 Å². The van der Waals surface area contributed by atoms with Crippen LogP contribution in [0.15, 0.2) is 0 Å². The van der Waals surface area contributed by atoms with Gasteiger partial charge in [-0.25, -0.2) is 0 Å². The molecule has 0 N–H and O–H groups in total. The molecule has 0 spiro atoms. The van der Waals surface area contributed by atoms with Crippen LogP contribution in [0.1, 0.15) is 73.6 Å². The Kier molecular flexibility index (Phi) is 6.48. The Hall–Kier alpha value is 0. The van der Waals surface area contributed by atoms with E-state index in [0.29, 0.717) is 5.41 Å². The molecule has 0 saturated heterocycles. The first-order valence-electron chi connectivity index (χ1n) is 6.59. The van der Waals surface area contributed by atoms with E-state index in [1.165, 1.54) is 32.1 Å². The van der Waals surface area contributed by atoms with Crippen LogP contribution in [-0.4, -0.2) is 0 Å². The molecule has 0 radical (unpaired) electrons. The van der Waals surface area contributed by atoms with E-state index in [1.54, 1.807) is 0 Å². The van der Waals surface area contributed by atoms with E-state index < -0.39 is 0 Å². The molecule has 0 aromatic carbocycles. The minimum atomic E-state index is 0.620. The Morgan fingerprint density at radius 2 is 1.71 bits per heavy atom. The van der Waals surface area contributed by atoms with E-state index >= 15 is 0 Å². The maximum Gasteiger partial charge on any atom is -0.0300 e. The van der Waals surface area contributed by atoms with Crippen molar-refractivity contribution in [3.8, 4) is 0 Å². The second kappa shape index (κ2) is 6.48. The lowest BCUT2D eigenvalue weighted by Crippen LogP contribution is -2.23. The van der Waals surface area contributed by atoms with Crippen LogP contribution in [0.25, 0.3) is 0 Å². The summed E-state index contributed by atoms with van der Waals surface area (Å²) in [7, 11) is 0. The molecule has 0 aromatic rings. The van der Waals surface area contributed by atoms with Crippen molar-refractivity contribution in [3.05, 3.63) is 0 Å². The molecule has 1 saturated carbocycles. The van der Waals surface area contributed by atoms with Gasteiger partial charge in [-0.05, 0) is 36.5 Å². The summed E-state index contributed by atoms with van der Waals surface area (Å²) < 4.78 is 0. The van der Waals surface area contributed by atoms with E-state index in [-0.39, 0.29) is 0 Å². The number of hydrogen-bond donors (Lipinski definition) is 0. The van der Waals surface area contributed by atoms with Gasteiger partial charge < -0.3 is 0 Å². The molecular weight excluding hydrogens is 168 g/mol. The topological polar surface area (TPSA) is 0 Å². The zero-order valence-electron chi connectivity index (χ0n) is 11.2. The minimum Gasteiger partial charge on any atom is -0.0683 e. The average molecular weight is 198 g/mol. The molecule has 1 fully saturated rings. The first-order chi connectivity index (χ1) is 6.59. The molecule has 0 nitrogen and oxygen atoms in total. The fourth-order valence-corrected chi connectivity index (χ4v) is 2.56. The predicted octanol–water partition coefficient (Wildman–Crippen LogP) is 5.28. The lowest BCUT2D eigenvalue weighted by molar-refractivity contribution is 0.186. The third-order valence-electron chi connectivity index (χ3n) is 4.18. The summed E-state index contributed by atoms with van der Waals surface area (Å²) in [6, 6.07) is 0. The van der Waals surface area contributed by atoms with Crippen molar-refractivity contribution in [2.45, 2.75) is 73.6 Å². The summed E-state index contributed by atoms with van der Waals surface area (Å²) in [6.45, 7) is 13.6. The van der Waals surface area contributed by atoms with Crippen molar-refractivity contribution < 1.29 is 0 Å². The molecule has 14 heavy (non-hydrogen) atoms. The van der Waals surface area contributed by atoms with Gasteiger partial charge in [-0.15, -0.1) is 0 Å². The van der Waals surface area contributed by atoms with Crippen molar-refractivity contribution in [1.82, 2.24) is 0 Å². The van der Waals surface area contributed by atoms with E-state index in [0.717, 1.165) is 11.8 Å². The van der Waals surface area contributed by atoms with Crippen molar-refractivity contribution >= 4 is 0 Å². The second-order valence-electron chi connectivity index (χ2n) is 5.14. The van der Waals surface area contributed by atoms with E-state index in [1.807, 2.05) is 13.8 Å². The van der Waals surface area contributed by atoms with Crippen LogP contribution in [0.3, 0.4) is 0 Å². The third-order valence-corrected chi connectivity index (χ3v) is 4.18. The summed E-state index contributed by atoms with van der Waals surface area (Å²) in [5.74, 6) is 1.95. The quantitative estimate of drug-likeness (QED) is 0.579. The standard InChI is InChI=1S/C12H24.C2H6/c1-5-6-7-11-9-8-10(2)12(11,3)4;1-2/h10-11H,5-9H2,1-4H3;1-2H3. The highest BCUT2D eigenvalue weighted by atomic mass is 14.4. The molecular formula is C14H30. The minimum absolute atomic E-state index is 0.620. The van der Waals surface area contributed by atoms with Gasteiger partial charge in [0, 0.05) is 0 Å². The fourth-order valence-electron chi connectivity index (χ4n) is 2.56. The molecule has 0 amide bonds. The fraction of sp³-hybridized carbons (Fsp3) is 1.00. The average Bonchev–Trinajstić information content (AvgIpc) is 2.43. The summed E-state index contributed by atoms with van der Waals surface area (Å²) in [4.78, 5) is 0. The van der Waals surface area contributed by atoms with Gasteiger partial charge in [-0.2, -0.15) is 0 Å². The Labute approximate surface area is 91.5 Å². The Bertz CT molecular complexity index is 135.